The summed E-state index contributed by atoms with van der Waals surface area (Å²) in [6, 6.07) is 8.06. The Hall–Kier alpha value is -1.39. The maximum absolute atomic E-state index is 13.6. The fourth-order valence-corrected chi connectivity index (χ4v) is 2.60. The van der Waals surface area contributed by atoms with Crippen LogP contribution in [0.3, 0.4) is 0 Å². The first kappa shape index (κ1) is 13.1. The second-order valence-electron chi connectivity index (χ2n) is 3.84. The highest BCUT2D eigenvalue weighted by molar-refractivity contribution is 7.09. The molecule has 94 valence electrons. The van der Waals surface area contributed by atoms with Crippen molar-refractivity contribution >= 4 is 28.8 Å². The molecule has 18 heavy (non-hydrogen) atoms. The second kappa shape index (κ2) is 5.50. The average molecular weight is 284 g/mol. The Morgan fingerprint density at radius 1 is 1.39 bits per heavy atom. The minimum Gasteiger partial charge on any atom is -0.336 e. The molecular weight excluding hydrogens is 273 g/mol. The Bertz CT molecular complexity index is 536. The zero-order valence-electron chi connectivity index (χ0n) is 9.69. The molecule has 0 saturated carbocycles. The second-order valence-corrected chi connectivity index (χ2v) is 5.28. The maximum atomic E-state index is 13.6. The van der Waals surface area contributed by atoms with Crippen LogP contribution in [-0.2, 0) is 6.54 Å². The number of halogens is 2. The summed E-state index contributed by atoms with van der Waals surface area (Å²) in [4.78, 5) is 14.6. The molecule has 2 aromatic rings. The van der Waals surface area contributed by atoms with E-state index in [-0.39, 0.29) is 10.6 Å². The maximum Gasteiger partial charge on any atom is 0.258 e. The van der Waals surface area contributed by atoms with E-state index in [0.29, 0.717) is 6.54 Å². The van der Waals surface area contributed by atoms with E-state index in [1.54, 1.807) is 18.4 Å². The minimum atomic E-state index is -0.592. The first-order valence-electron chi connectivity index (χ1n) is 5.31. The van der Waals surface area contributed by atoms with Gasteiger partial charge in [0.25, 0.3) is 5.91 Å². The molecule has 1 aromatic carbocycles. The molecule has 0 spiro atoms. The molecule has 1 amide bonds. The van der Waals surface area contributed by atoms with Crippen molar-refractivity contribution in [1.29, 1.82) is 0 Å². The Kier molecular flexibility index (Phi) is 3.99. The number of rotatable bonds is 3. The number of nitrogens with zero attached hydrogens (tertiary/aromatic N) is 1. The highest BCUT2D eigenvalue weighted by Crippen LogP contribution is 2.21. The third kappa shape index (κ3) is 2.71. The topological polar surface area (TPSA) is 20.3 Å². The summed E-state index contributed by atoms with van der Waals surface area (Å²) in [5.74, 6) is -1.00. The molecule has 0 unspecified atom stereocenters. The molecule has 0 aliphatic heterocycles. The van der Waals surface area contributed by atoms with Gasteiger partial charge in [0.05, 0.1) is 17.1 Å². The van der Waals surface area contributed by atoms with E-state index in [2.05, 4.69) is 0 Å². The molecule has 0 saturated heterocycles. The fourth-order valence-electron chi connectivity index (χ4n) is 1.60. The van der Waals surface area contributed by atoms with Crippen LogP contribution in [0.1, 0.15) is 15.2 Å². The number of hydrogen-bond donors (Lipinski definition) is 0. The first-order chi connectivity index (χ1) is 8.59. The van der Waals surface area contributed by atoms with Crippen LogP contribution in [0.15, 0.2) is 35.7 Å². The van der Waals surface area contributed by atoms with E-state index in [1.165, 1.54) is 23.1 Å². The molecular formula is C13H11ClFNOS. The van der Waals surface area contributed by atoms with Crippen molar-refractivity contribution in [2.24, 2.45) is 0 Å². The van der Waals surface area contributed by atoms with E-state index < -0.39 is 11.7 Å². The van der Waals surface area contributed by atoms with Gasteiger partial charge in [-0.15, -0.1) is 11.3 Å². The van der Waals surface area contributed by atoms with Crippen LogP contribution in [0.2, 0.25) is 5.02 Å². The van der Waals surface area contributed by atoms with Gasteiger partial charge in [0, 0.05) is 11.9 Å². The van der Waals surface area contributed by atoms with E-state index in [4.69, 9.17) is 11.6 Å². The Balaban J connectivity index is 2.21. The molecule has 0 radical (unpaired) electrons. The summed E-state index contributed by atoms with van der Waals surface area (Å²) in [5.41, 5.74) is -0.0711. The van der Waals surface area contributed by atoms with E-state index in [1.807, 2.05) is 17.5 Å². The molecule has 0 N–H and O–H groups in total. The summed E-state index contributed by atoms with van der Waals surface area (Å²) in [5, 5.41) is 2.07. The summed E-state index contributed by atoms with van der Waals surface area (Å²) in [7, 11) is 1.63. The van der Waals surface area contributed by atoms with Crippen molar-refractivity contribution in [1.82, 2.24) is 4.90 Å². The zero-order chi connectivity index (χ0) is 13.1. The summed E-state index contributed by atoms with van der Waals surface area (Å²) < 4.78 is 13.6. The van der Waals surface area contributed by atoms with Crippen LogP contribution in [0.5, 0.6) is 0 Å². The first-order valence-corrected chi connectivity index (χ1v) is 6.57. The van der Waals surface area contributed by atoms with E-state index >= 15 is 0 Å². The molecule has 0 aliphatic rings. The summed E-state index contributed by atoms with van der Waals surface area (Å²) >= 11 is 7.42. The third-order valence-corrected chi connectivity index (χ3v) is 3.67. The predicted molar refractivity (Wildman–Crippen MR) is 71.5 cm³/mol. The monoisotopic (exact) mass is 283 g/mol. The lowest BCUT2D eigenvalue weighted by Crippen LogP contribution is -2.27. The molecule has 1 aromatic heterocycles. The van der Waals surface area contributed by atoms with Crippen LogP contribution in [0, 0.1) is 5.82 Å². The Morgan fingerprint density at radius 3 is 2.78 bits per heavy atom. The standard InChI is InChI=1S/C13H11ClFNOS/c1-16(8-9-4-3-7-18-9)13(17)12-10(14)5-2-6-11(12)15/h2-7H,8H2,1H3. The highest BCUT2D eigenvalue weighted by atomic mass is 35.5. The SMILES string of the molecule is CN(Cc1cccs1)C(=O)c1c(F)cccc1Cl. The van der Waals surface area contributed by atoms with Crippen LogP contribution in [0.4, 0.5) is 4.39 Å². The number of thiophene rings is 1. The van der Waals surface area contributed by atoms with Gasteiger partial charge in [0.15, 0.2) is 0 Å². The lowest BCUT2D eigenvalue weighted by molar-refractivity contribution is 0.0782. The third-order valence-electron chi connectivity index (χ3n) is 2.50. The summed E-state index contributed by atoms with van der Waals surface area (Å²) in [6.45, 7) is 0.446. The molecule has 5 heteroatoms. The van der Waals surface area contributed by atoms with Gasteiger partial charge in [0.1, 0.15) is 5.82 Å². The number of carbonyl (C=O) groups is 1. The molecule has 2 nitrogen and oxygen atoms in total. The van der Waals surface area contributed by atoms with Crippen LogP contribution < -0.4 is 0 Å². The Morgan fingerprint density at radius 2 is 2.17 bits per heavy atom. The molecule has 0 bridgehead atoms. The number of benzene rings is 1. The van der Waals surface area contributed by atoms with Gasteiger partial charge in [0.2, 0.25) is 0 Å². The summed E-state index contributed by atoms with van der Waals surface area (Å²) in [6.07, 6.45) is 0. The molecule has 1 heterocycles. The van der Waals surface area contributed by atoms with Gasteiger partial charge in [-0.25, -0.2) is 4.39 Å². The van der Waals surface area contributed by atoms with Crippen molar-refractivity contribution in [3.8, 4) is 0 Å². The van der Waals surface area contributed by atoms with Gasteiger partial charge in [-0.2, -0.15) is 0 Å². The minimum absolute atomic E-state index is 0.0711. The van der Waals surface area contributed by atoms with Gasteiger partial charge >= 0.3 is 0 Å². The van der Waals surface area contributed by atoms with Crippen LogP contribution in [0.25, 0.3) is 0 Å². The van der Waals surface area contributed by atoms with Gasteiger partial charge in [-0.1, -0.05) is 23.7 Å². The van der Waals surface area contributed by atoms with Crippen molar-refractivity contribution in [2.75, 3.05) is 7.05 Å². The van der Waals surface area contributed by atoms with Gasteiger partial charge in [-0.05, 0) is 23.6 Å². The molecule has 0 aliphatic carbocycles. The Labute approximate surface area is 114 Å². The van der Waals surface area contributed by atoms with Crippen molar-refractivity contribution < 1.29 is 9.18 Å². The van der Waals surface area contributed by atoms with Gasteiger partial charge < -0.3 is 4.90 Å². The fraction of sp³-hybridized carbons (Fsp3) is 0.154. The highest BCUT2D eigenvalue weighted by Gasteiger charge is 2.19. The number of amides is 1. The van der Waals surface area contributed by atoms with Gasteiger partial charge in [-0.3, -0.25) is 4.79 Å². The average Bonchev–Trinajstić information content (AvgIpc) is 2.81. The van der Waals surface area contributed by atoms with Crippen molar-refractivity contribution in [2.45, 2.75) is 6.54 Å². The van der Waals surface area contributed by atoms with Crippen LogP contribution in [-0.4, -0.2) is 17.9 Å². The van der Waals surface area contributed by atoms with E-state index in [0.717, 1.165) is 4.88 Å². The van der Waals surface area contributed by atoms with Crippen LogP contribution >= 0.6 is 22.9 Å². The zero-order valence-corrected chi connectivity index (χ0v) is 11.3. The normalized spacial score (nSPS) is 10.4. The molecule has 0 atom stereocenters. The largest absolute Gasteiger partial charge is 0.336 e. The number of carbonyl (C=O) groups excluding carboxylic acids is 1. The lowest BCUT2D eigenvalue weighted by atomic mass is 10.2. The predicted octanol–water partition coefficient (Wildman–Crippen LogP) is 3.81. The van der Waals surface area contributed by atoms with E-state index in [9.17, 15) is 9.18 Å². The smallest absolute Gasteiger partial charge is 0.258 e. The van der Waals surface area contributed by atoms with Crippen molar-refractivity contribution in [3.05, 3.63) is 57.0 Å². The molecule has 2 rings (SSSR count). The quantitative estimate of drug-likeness (QED) is 0.839. The van der Waals surface area contributed by atoms with Crippen molar-refractivity contribution in [3.63, 3.8) is 0 Å². The number of hydrogen-bond acceptors (Lipinski definition) is 2. The lowest BCUT2D eigenvalue weighted by Gasteiger charge is -2.17. The molecule has 0 fully saturated rings.